The van der Waals surface area contributed by atoms with Crippen LogP contribution in [0, 0.1) is 0 Å². The number of nitrogens with zero attached hydrogens (tertiary/aromatic N) is 2. The van der Waals surface area contributed by atoms with Gasteiger partial charge in [-0.25, -0.2) is 0 Å². The summed E-state index contributed by atoms with van der Waals surface area (Å²) in [5.41, 5.74) is 2.80. The summed E-state index contributed by atoms with van der Waals surface area (Å²) in [6.07, 6.45) is 3.92. The van der Waals surface area contributed by atoms with Crippen molar-refractivity contribution >= 4 is 11.6 Å². The number of aryl methyl sites for hydroxylation is 1. The Morgan fingerprint density at radius 3 is 2.57 bits per heavy atom. The first-order valence-electron chi connectivity index (χ1n) is 7.31. The molecule has 0 saturated heterocycles. The summed E-state index contributed by atoms with van der Waals surface area (Å²) in [5, 5.41) is 10.5. The molecule has 1 heterocycles. The number of nitrogens with one attached hydrogen (secondary N) is 2. The number of rotatable bonds is 6. The highest BCUT2D eigenvalue weighted by atomic mass is 16.1. The van der Waals surface area contributed by atoms with E-state index in [-0.39, 0.29) is 11.9 Å². The van der Waals surface area contributed by atoms with Crippen LogP contribution in [-0.2, 0) is 6.54 Å². The number of hydrogen-bond acceptors (Lipinski definition) is 3. The van der Waals surface area contributed by atoms with Gasteiger partial charge in [-0.2, -0.15) is 5.10 Å². The van der Waals surface area contributed by atoms with Gasteiger partial charge in [-0.05, 0) is 45.0 Å². The minimum atomic E-state index is -0.0404. The Labute approximate surface area is 125 Å². The Morgan fingerprint density at radius 1 is 1.29 bits per heavy atom. The third kappa shape index (κ3) is 3.84. The molecular formula is C16H22N4O. The maximum atomic E-state index is 11.7. The fourth-order valence-corrected chi connectivity index (χ4v) is 2.09. The molecule has 0 bridgehead atoms. The Morgan fingerprint density at radius 2 is 2.00 bits per heavy atom. The molecule has 0 fully saturated rings. The van der Waals surface area contributed by atoms with Gasteiger partial charge in [-0.1, -0.05) is 0 Å². The van der Waals surface area contributed by atoms with Crippen LogP contribution in [0.5, 0.6) is 0 Å². The first kappa shape index (κ1) is 15.1. The first-order chi connectivity index (χ1) is 10.1. The molecule has 0 aliphatic rings. The second kappa shape index (κ2) is 6.92. The fraction of sp³-hybridized carbons (Fsp3) is 0.375. The van der Waals surface area contributed by atoms with Crippen LogP contribution in [-0.4, -0.2) is 22.2 Å². The molecule has 0 radical (unpaired) electrons. The van der Waals surface area contributed by atoms with Crippen molar-refractivity contribution in [3.63, 3.8) is 0 Å². The van der Waals surface area contributed by atoms with E-state index in [9.17, 15) is 4.79 Å². The molecule has 2 aromatic rings. The molecule has 1 unspecified atom stereocenters. The number of anilines is 1. The highest BCUT2D eigenvalue weighted by molar-refractivity contribution is 5.94. The van der Waals surface area contributed by atoms with E-state index in [0.717, 1.165) is 17.8 Å². The largest absolute Gasteiger partial charge is 0.378 e. The lowest BCUT2D eigenvalue weighted by molar-refractivity contribution is 0.0956. The van der Waals surface area contributed by atoms with Crippen molar-refractivity contribution in [2.24, 2.45) is 0 Å². The first-order valence-corrected chi connectivity index (χ1v) is 7.31. The standard InChI is InChI=1S/C16H22N4O/c1-4-17-16(21)13-6-8-15(9-7-13)19-12(3)14-10-18-20(5-2)11-14/h6-12,19H,4-5H2,1-3H3,(H,17,21). The van der Waals surface area contributed by atoms with E-state index in [0.29, 0.717) is 12.1 Å². The van der Waals surface area contributed by atoms with Crippen LogP contribution < -0.4 is 10.6 Å². The molecule has 0 spiro atoms. The SMILES string of the molecule is CCNC(=O)c1ccc(NC(C)c2cnn(CC)c2)cc1. The molecule has 5 heteroatoms. The van der Waals surface area contributed by atoms with Gasteiger partial charge in [0, 0.05) is 36.1 Å². The zero-order valence-electron chi connectivity index (χ0n) is 12.8. The minimum absolute atomic E-state index is 0.0404. The molecular weight excluding hydrogens is 264 g/mol. The zero-order chi connectivity index (χ0) is 15.2. The maximum absolute atomic E-state index is 11.7. The predicted molar refractivity (Wildman–Crippen MR) is 84.4 cm³/mol. The summed E-state index contributed by atoms with van der Waals surface area (Å²) in [6.45, 7) is 7.57. The van der Waals surface area contributed by atoms with Gasteiger partial charge in [-0.3, -0.25) is 9.48 Å². The smallest absolute Gasteiger partial charge is 0.251 e. The molecule has 0 saturated carbocycles. The molecule has 0 aliphatic heterocycles. The average Bonchev–Trinajstić information content (AvgIpc) is 2.97. The van der Waals surface area contributed by atoms with Gasteiger partial charge in [0.05, 0.1) is 12.2 Å². The predicted octanol–water partition coefficient (Wildman–Crippen LogP) is 2.83. The summed E-state index contributed by atoms with van der Waals surface area (Å²) in [7, 11) is 0. The van der Waals surface area contributed by atoms with Crippen LogP contribution >= 0.6 is 0 Å². The molecule has 1 aromatic heterocycles. The monoisotopic (exact) mass is 286 g/mol. The lowest BCUT2D eigenvalue weighted by Gasteiger charge is -2.14. The van der Waals surface area contributed by atoms with E-state index in [4.69, 9.17) is 0 Å². The van der Waals surface area contributed by atoms with Gasteiger partial charge < -0.3 is 10.6 Å². The van der Waals surface area contributed by atoms with Crippen molar-refractivity contribution in [3.8, 4) is 0 Å². The van der Waals surface area contributed by atoms with Gasteiger partial charge in [0.1, 0.15) is 0 Å². The molecule has 5 nitrogen and oxygen atoms in total. The van der Waals surface area contributed by atoms with Gasteiger partial charge >= 0.3 is 0 Å². The van der Waals surface area contributed by atoms with Gasteiger partial charge in [-0.15, -0.1) is 0 Å². The van der Waals surface area contributed by atoms with E-state index < -0.39 is 0 Å². The van der Waals surface area contributed by atoms with Crippen molar-refractivity contribution in [2.75, 3.05) is 11.9 Å². The maximum Gasteiger partial charge on any atom is 0.251 e. The number of carbonyl (C=O) groups is 1. The van der Waals surface area contributed by atoms with Crippen molar-refractivity contribution in [2.45, 2.75) is 33.4 Å². The van der Waals surface area contributed by atoms with Crippen LogP contribution in [0.4, 0.5) is 5.69 Å². The third-order valence-electron chi connectivity index (χ3n) is 3.34. The molecule has 21 heavy (non-hydrogen) atoms. The van der Waals surface area contributed by atoms with Crippen molar-refractivity contribution in [3.05, 3.63) is 47.8 Å². The summed E-state index contributed by atoms with van der Waals surface area (Å²) < 4.78 is 1.91. The Bertz CT molecular complexity index is 589. The van der Waals surface area contributed by atoms with Gasteiger partial charge in [0.15, 0.2) is 0 Å². The summed E-state index contributed by atoms with van der Waals surface area (Å²) in [6, 6.07) is 7.67. The topological polar surface area (TPSA) is 59.0 Å². The highest BCUT2D eigenvalue weighted by Gasteiger charge is 2.09. The van der Waals surface area contributed by atoms with Crippen LogP contribution in [0.15, 0.2) is 36.7 Å². The molecule has 1 atom stereocenters. The van der Waals surface area contributed by atoms with Crippen molar-refractivity contribution in [1.29, 1.82) is 0 Å². The lowest BCUT2D eigenvalue weighted by atomic mass is 10.1. The fourth-order valence-electron chi connectivity index (χ4n) is 2.09. The van der Waals surface area contributed by atoms with Crippen LogP contribution in [0.3, 0.4) is 0 Å². The van der Waals surface area contributed by atoms with Gasteiger partial charge in [0.25, 0.3) is 5.91 Å². The minimum Gasteiger partial charge on any atom is -0.378 e. The Hall–Kier alpha value is -2.30. The van der Waals surface area contributed by atoms with E-state index in [2.05, 4.69) is 29.6 Å². The van der Waals surface area contributed by atoms with Gasteiger partial charge in [0.2, 0.25) is 0 Å². The van der Waals surface area contributed by atoms with Crippen LogP contribution in [0.25, 0.3) is 0 Å². The molecule has 1 aromatic carbocycles. The second-order valence-electron chi connectivity index (χ2n) is 4.93. The number of hydrogen-bond donors (Lipinski definition) is 2. The number of amides is 1. The third-order valence-corrected chi connectivity index (χ3v) is 3.34. The number of carbonyl (C=O) groups excluding carboxylic acids is 1. The van der Waals surface area contributed by atoms with E-state index in [1.54, 1.807) is 0 Å². The number of aromatic nitrogens is 2. The highest BCUT2D eigenvalue weighted by Crippen LogP contribution is 2.19. The van der Waals surface area contributed by atoms with Crippen LogP contribution in [0.2, 0.25) is 0 Å². The lowest BCUT2D eigenvalue weighted by Crippen LogP contribution is -2.22. The molecule has 2 N–H and O–H groups in total. The summed E-state index contributed by atoms with van der Waals surface area (Å²) in [5.74, 6) is -0.0404. The molecule has 1 amide bonds. The normalized spacial score (nSPS) is 12.0. The molecule has 2 rings (SSSR count). The van der Waals surface area contributed by atoms with E-state index in [1.165, 1.54) is 0 Å². The summed E-state index contributed by atoms with van der Waals surface area (Å²) >= 11 is 0. The molecule has 112 valence electrons. The molecule has 0 aliphatic carbocycles. The Balaban J connectivity index is 2.01. The second-order valence-corrected chi connectivity index (χ2v) is 4.93. The van der Waals surface area contributed by atoms with Crippen molar-refractivity contribution in [1.82, 2.24) is 15.1 Å². The van der Waals surface area contributed by atoms with Crippen molar-refractivity contribution < 1.29 is 4.79 Å². The van der Waals surface area contributed by atoms with E-state index in [1.807, 2.05) is 48.3 Å². The summed E-state index contributed by atoms with van der Waals surface area (Å²) in [4.78, 5) is 11.7. The van der Waals surface area contributed by atoms with Crippen LogP contribution in [0.1, 0.15) is 42.7 Å². The number of benzene rings is 1. The van der Waals surface area contributed by atoms with E-state index >= 15 is 0 Å². The Kier molecular flexibility index (Phi) is 4.98. The quantitative estimate of drug-likeness (QED) is 0.858. The average molecular weight is 286 g/mol. The zero-order valence-corrected chi connectivity index (χ0v) is 12.8.